The highest BCUT2D eigenvalue weighted by molar-refractivity contribution is 14.0. The Bertz CT molecular complexity index is 568. The average Bonchev–Trinajstić information content (AvgIpc) is 3.41. The van der Waals surface area contributed by atoms with Crippen LogP contribution in [0, 0.1) is 5.41 Å². The largest absolute Gasteiger partial charge is 0.469 e. The number of hydrogen-bond donors (Lipinski definition) is 2. The molecule has 1 saturated carbocycles. The van der Waals surface area contributed by atoms with Crippen LogP contribution in [-0.4, -0.2) is 52.0 Å². The summed E-state index contributed by atoms with van der Waals surface area (Å²) < 4.78 is 16.7. The van der Waals surface area contributed by atoms with Crippen molar-refractivity contribution in [2.24, 2.45) is 10.4 Å². The third kappa shape index (κ3) is 8.45. The highest BCUT2D eigenvalue weighted by Crippen LogP contribution is 2.41. The summed E-state index contributed by atoms with van der Waals surface area (Å²) >= 11 is 0. The summed E-state index contributed by atoms with van der Waals surface area (Å²) in [4.78, 5) is 4.99. The van der Waals surface area contributed by atoms with Crippen LogP contribution in [0.25, 0.3) is 0 Å². The van der Waals surface area contributed by atoms with Gasteiger partial charge in [0.05, 0.1) is 12.4 Å². The molecule has 1 unspecified atom stereocenters. The molecule has 7 heteroatoms. The molecule has 1 aliphatic heterocycles. The van der Waals surface area contributed by atoms with Gasteiger partial charge >= 0.3 is 0 Å². The first kappa shape index (κ1) is 24.5. The third-order valence-electron chi connectivity index (χ3n) is 6.09. The molecule has 2 fully saturated rings. The second-order valence-electron chi connectivity index (χ2n) is 8.24. The van der Waals surface area contributed by atoms with E-state index in [1.165, 1.54) is 38.5 Å². The van der Waals surface area contributed by atoms with Crippen LogP contribution in [-0.2, 0) is 15.9 Å². The fraction of sp³-hybridized carbons (Fsp3) is 0.773. The third-order valence-corrected chi connectivity index (χ3v) is 6.09. The van der Waals surface area contributed by atoms with Crippen LogP contribution >= 0.6 is 24.0 Å². The van der Waals surface area contributed by atoms with E-state index in [-0.39, 0.29) is 24.0 Å². The molecule has 2 aliphatic rings. The van der Waals surface area contributed by atoms with E-state index in [1.807, 2.05) is 12.1 Å². The lowest BCUT2D eigenvalue weighted by atomic mass is 9.83. The van der Waals surface area contributed by atoms with Gasteiger partial charge in [0.15, 0.2) is 5.96 Å². The van der Waals surface area contributed by atoms with Gasteiger partial charge in [-0.05, 0) is 56.1 Å². The molecule has 0 bridgehead atoms. The maximum atomic E-state index is 5.87. The number of halogens is 1. The normalized spacial score (nSPS) is 21.6. The smallest absolute Gasteiger partial charge is 0.191 e. The Morgan fingerprint density at radius 2 is 2.10 bits per heavy atom. The summed E-state index contributed by atoms with van der Waals surface area (Å²) in [7, 11) is 1.79. The number of nitrogens with one attached hydrogen (secondary N) is 2. The first-order chi connectivity index (χ1) is 13.8. The van der Waals surface area contributed by atoms with Crippen molar-refractivity contribution in [3.05, 3.63) is 24.2 Å². The maximum Gasteiger partial charge on any atom is 0.191 e. The number of methoxy groups -OCH3 is 1. The molecule has 166 valence electrons. The van der Waals surface area contributed by atoms with Crippen molar-refractivity contribution < 1.29 is 13.9 Å². The van der Waals surface area contributed by atoms with Crippen molar-refractivity contribution >= 4 is 29.9 Å². The Morgan fingerprint density at radius 3 is 2.79 bits per heavy atom. The number of nitrogens with zero attached hydrogens (tertiary/aromatic N) is 1. The van der Waals surface area contributed by atoms with Crippen molar-refractivity contribution in [3.63, 3.8) is 0 Å². The monoisotopic (exact) mass is 519 g/mol. The van der Waals surface area contributed by atoms with Crippen LogP contribution in [0.2, 0.25) is 0 Å². The second-order valence-corrected chi connectivity index (χ2v) is 8.24. The van der Waals surface area contributed by atoms with Crippen LogP contribution in [0.15, 0.2) is 27.8 Å². The molecule has 0 radical (unpaired) electrons. The van der Waals surface area contributed by atoms with Gasteiger partial charge in [-0.1, -0.05) is 12.8 Å². The molecule has 2 N–H and O–H groups in total. The molecule has 29 heavy (non-hydrogen) atoms. The Morgan fingerprint density at radius 1 is 1.24 bits per heavy atom. The van der Waals surface area contributed by atoms with Crippen molar-refractivity contribution in [2.45, 2.75) is 63.9 Å². The standard InChI is InChI=1S/C22H37N3O3.HI/c1-26-16-12-22(10-3-4-11-22)18-25-21(23-13-9-19-8-6-15-27-19)24-17-20-7-2-5-14-28-20;/h6,8,15,20H,2-5,7,9-14,16-18H2,1H3,(H2,23,24,25);1H. The predicted molar refractivity (Wildman–Crippen MR) is 127 cm³/mol. The fourth-order valence-corrected chi connectivity index (χ4v) is 4.29. The molecule has 0 spiro atoms. The van der Waals surface area contributed by atoms with Crippen molar-refractivity contribution in [3.8, 4) is 0 Å². The Hall–Kier alpha value is -0.800. The zero-order valence-corrected chi connectivity index (χ0v) is 20.1. The predicted octanol–water partition coefficient (Wildman–Crippen LogP) is 4.14. The minimum Gasteiger partial charge on any atom is -0.469 e. The van der Waals surface area contributed by atoms with Gasteiger partial charge in [-0.2, -0.15) is 0 Å². The molecule has 0 amide bonds. The number of rotatable bonds is 10. The van der Waals surface area contributed by atoms with Crippen LogP contribution in [0.1, 0.15) is 57.1 Å². The van der Waals surface area contributed by atoms with Crippen LogP contribution < -0.4 is 10.6 Å². The zero-order chi connectivity index (χ0) is 19.5. The number of furan rings is 1. The molecule has 1 aliphatic carbocycles. The Labute approximate surface area is 192 Å². The van der Waals surface area contributed by atoms with E-state index in [0.717, 1.165) is 63.8 Å². The molecular weight excluding hydrogens is 481 g/mol. The number of hydrogen-bond acceptors (Lipinski definition) is 4. The molecule has 1 saturated heterocycles. The quantitative estimate of drug-likeness (QED) is 0.276. The van der Waals surface area contributed by atoms with E-state index < -0.39 is 0 Å². The summed E-state index contributed by atoms with van der Waals surface area (Å²) in [6.07, 6.45) is 12.7. The molecule has 3 rings (SSSR count). The summed E-state index contributed by atoms with van der Waals surface area (Å²) in [5.74, 6) is 1.89. The highest BCUT2D eigenvalue weighted by Gasteiger charge is 2.33. The van der Waals surface area contributed by atoms with Crippen molar-refractivity contribution in [1.82, 2.24) is 10.6 Å². The van der Waals surface area contributed by atoms with Gasteiger partial charge in [0.1, 0.15) is 5.76 Å². The minimum atomic E-state index is 0. The lowest BCUT2D eigenvalue weighted by Crippen LogP contribution is -2.43. The van der Waals surface area contributed by atoms with E-state index in [0.29, 0.717) is 11.5 Å². The lowest BCUT2D eigenvalue weighted by Gasteiger charge is -2.28. The van der Waals surface area contributed by atoms with E-state index >= 15 is 0 Å². The summed E-state index contributed by atoms with van der Waals surface area (Å²) in [6.45, 7) is 4.18. The molecule has 1 aromatic heterocycles. The van der Waals surface area contributed by atoms with E-state index in [9.17, 15) is 0 Å². The van der Waals surface area contributed by atoms with Gasteiger partial charge in [-0.25, -0.2) is 0 Å². The van der Waals surface area contributed by atoms with Gasteiger partial charge in [0, 0.05) is 46.4 Å². The summed E-state index contributed by atoms with van der Waals surface area (Å²) in [6, 6.07) is 3.95. The number of ether oxygens (including phenoxy) is 2. The second kappa shape index (κ2) is 13.5. The van der Waals surface area contributed by atoms with E-state index in [1.54, 1.807) is 13.4 Å². The van der Waals surface area contributed by atoms with Gasteiger partial charge in [0.2, 0.25) is 0 Å². The van der Waals surface area contributed by atoms with Crippen LogP contribution in [0.5, 0.6) is 0 Å². The topological polar surface area (TPSA) is 68.0 Å². The van der Waals surface area contributed by atoms with Gasteiger partial charge in [-0.15, -0.1) is 24.0 Å². The maximum absolute atomic E-state index is 5.87. The molecular formula is C22H38IN3O3. The zero-order valence-electron chi connectivity index (χ0n) is 17.8. The Balaban J connectivity index is 0.00000300. The minimum absolute atomic E-state index is 0. The molecule has 1 aromatic rings. The van der Waals surface area contributed by atoms with Gasteiger partial charge in [-0.3, -0.25) is 4.99 Å². The average molecular weight is 519 g/mol. The van der Waals surface area contributed by atoms with Crippen molar-refractivity contribution in [1.29, 1.82) is 0 Å². The molecule has 6 nitrogen and oxygen atoms in total. The molecule has 2 heterocycles. The first-order valence-electron chi connectivity index (χ1n) is 10.9. The van der Waals surface area contributed by atoms with E-state index in [2.05, 4.69) is 10.6 Å². The number of guanidine groups is 1. The van der Waals surface area contributed by atoms with E-state index in [4.69, 9.17) is 18.9 Å². The SMILES string of the molecule is COCCC1(CN=C(NCCc2ccco2)NCC2CCCCO2)CCCC1.I. The van der Waals surface area contributed by atoms with Crippen molar-refractivity contribution in [2.75, 3.05) is 40.0 Å². The summed E-state index contributed by atoms with van der Waals surface area (Å²) in [5.41, 5.74) is 0.299. The first-order valence-corrected chi connectivity index (χ1v) is 10.9. The molecule has 0 aromatic carbocycles. The highest BCUT2D eigenvalue weighted by atomic mass is 127. The number of aliphatic imine (C=N–C) groups is 1. The van der Waals surface area contributed by atoms with Crippen LogP contribution in [0.4, 0.5) is 0 Å². The van der Waals surface area contributed by atoms with Gasteiger partial charge < -0.3 is 24.5 Å². The van der Waals surface area contributed by atoms with Crippen LogP contribution in [0.3, 0.4) is 0 Å². The van der Waals surface area contributed by atoms with Gasteiger partial charge in [0.25, 0.3) is 0 Å². The summed E-state index contributed by atoms with van der Waals surface area (Å²) in [5, 5.41) is 7.01. The molecule has 1 atom stereocenters. The lowest BCUT2D eigenvalue weighted by molar-refractivity contribution is 0.0194. The fourth-order valence-electron chi connectivity index (χ4n) is 4.29. The Kier molecular flexibility index (Phi) is 11.4.